The van der Waals surface area contributed by atoms with Crippen LogP contribution in [0.1, 0.15) is 57.9 Å². The summed E-state index contributed by atoms with van der Waals surface area (Å²) in [6.07, 6.45) is 4.95. The van der Waals surface area contributed by atoms with Gasteiger partial charge in [-0.1, -0.05) is 18.2 Å². The maximum Gasteiger partial charge on any atom is 0.258 e. The summed E-state index contributed by atoms with van der Waals surface area (Å²) in [7, 11) is 0. The van der Waals surface area contributed by atoms with Crippen molar-refractivity contribution in [2.45, 2.75) is 25.8 Å². The fourth-order valence-corrected chi connectivity index (χ4v) is 4.09. The molecule has 2 aromatic heterocycles. The van der Waals surface area contributed by atoms with E-state index in [1.807, 2.05) is 44.2 Å². The average Bonchev–Trinajstić information content (AvgIpc) is 3.50. The number of rotatable bonds is 5. The molecule has 2 aromatic carbocycles. The molecule has 1 N–H and O–H groups in total. The van der Waals surface area contributed by atoms with Gasteiger partial charge in [0, 0.05) is 35.6 Å². The fourth-order valence-electron chi connectivity index (χ4n) is 4.09. The van der Waals surface area contributed by atoms with Crippen LogP contribution in [0.15, 0.2) is 79.4 Å². The highest BCUT2D eigenvalue weighted by molar-refractivity contribution is 6.09. The molecule has 1 aliphatic heterocycles. The van der Waals surface area contributed by atoms with Crippen LogP contribution < -0.4 is 10.2 Å². The van der Waals surface area contributed by atoms with Crippen LogP contribution in [-0.4, -0.2) is 38.1 Å². The third kappa shape index (κ3) is 4.05. The van der Waals surface area contributed by atoms with E-state index in [0.29, 0.717) is 29.2 Å². The van der Waals surface area contributed by atoms with Crippen LogP contribution in [0.2, 0.25) is 0 Å². The van der Waals surface area contributed by atoms with Gasteiger partial charge in [-0.2, -0.15) is 5.10 Å². The normalized spacial score (nSPS) is 14.8. The lowest BCUT2D eigenvalue weighted by Crippen LogP contribution is -2.30. The van der Waals surface area contributed by atoms with Crippen LogP contribution in [0, 0.1) is 0 Å². The number of nitrogens with one attached hydrogen (secondary N) is 1. The lowest BCUT2D eigenvalue weighted by molar-refractivity contribution is 0.0987. The van der Waals surface area contributed by atoms with E-state index in [9.17, 15) is 9.59 Å². The first-order valence-corrected chi connectivity index (χ1v) is 11.1. The summed E-state index contributed by atoms with van der Waals surface area (Å²) in [5, 5.41) is 7.52. The summed E-state index contributed by atoms with van der Waals surface area (Å²) in [6, 6.07) is 18.3. The second-order valence-electron chi connectivity index (χ2n) is 8.48. The maximum absolute atomic E-state index is 13.4. The van der Waals surface area contributed by atoms with Crippen molar-refractivity contribution in [3.05, 3.63) is 102 Å². The molecule has 5 rings (SSSR count). The quantitative estimate of drug-likeness (QED) is 0.487. The van der Waals surface area contributed by atoms with Crippen LogP contribution in [0.4, 0.5) is 11.4 Å². The van der Waals surface area contributed by atoms with Crippen molar-refractivity contribution in [2.75, 3.05) is 16.8 Å². The minimum atomic E-state index is -0.247. The van der Waals surface area contributed by atoms with Crippen molar-refractivity contribution < 1.29 is 9.59 Å². The Morgan fingerprint density at radius 3 is 2.56 bits per heavy atom. The van der Waals surface area contributed by atoms with Crippen LogP contribution in [0.25, 0.3) is 0 Å². The minimum absolute atomic E-state index is 0.0970. The minimum Gasteiger partial charge on any atom is -0.321 e. The number of carbonyl (C=O) groups excluding carboxylic acids is 2. The number of amides is 2. The highest BCUT2D eigenvalue weighted by Crippen LogP contribution is 2.40. The standard InChI is InChI=1S/C26H24N6O2/c1-17(2)32-16-28-24(30-32)22-15-31(26(34)18-7-4-3-5-8-18)23-11-10-19(13-21(22)23)25(33)29-20-9-6-12-27-14-20/h3-14,16-17,22H,15H2,1-2H3,(H,29,33)/t22-/m1/s1. The lowest BCUT2D eigenvalue weighted by atomic mass is 9.98. The third-order valence-corrected chi connectivity index (χ3v) is 5.87. The number of nitrogens with zero attached hydrogens (tertiary/aromatic N) is 5. The Kier molecular flexibility index (Phi) is 5.63. The van der Waals surface area contributed by atoms with Gasteiger partial charge in [-0.25, -0.2) is 4.98 Å². The Balaban J connectivity index is 1.52. The number of hydrogen-bond donors (Lipinski definition) is 1. The number of hydrogen-bond acceptors (Lipinski definition) is 5. The molecule has 0 saturated carbocycles. The van der Waals surface area contributed by atoms with Crippen molar-refractivity contribution in [1.29, 1.82) is 0 Å². The van der Waals surface area contributed by atoms with E-state index in [1.54, 1.807) is 58.6 Å². The summed E-state index contributed by atoms with van der Waals surface area (Å²) in [5.74, 6) is 0.0418. The Hall–Kier alpha value is -4.33. The fraction of sp³-hybridized carbons (Fsp3) is 0.192. The molecular weight excluding hydrogens is 428 g/mol. The van der Waals surface area contributed by atoms with E-state index in [2.05, 4.69) is 20.4 Å². The zero-order valence-corrected chi connectivity index (χ0v) is 18.9. The third-order valence-electron chi connectivity index (χ3n) is 5.87. The molecule has 4 aromatic rings. The van der Waals surface area contributed by atoms with Gasteiger partial charge in [-0.15, -0.1) is 0 Å². The highest BCUT2D eigenvalue weighted by atomic mass is 16.2. The average molecular weight is 453 g/mol. The molecule has 8 nitrogen and oxygen atoms in total. The molecule has 170 valence electrons. The lowest BCUT2D eigenvalue weighted by Gasteiger charge is -2.18. The van der Waals surface area contributed by atoms with Gasteiger partial charge in [0.15, 0.2) is 5.82 Å². The number of pyridine rings is 1. The molecule has 0 unspecified atom stereocenters. The summed E-state index contributed by atoms with van der Waals surface area (Å²) < 4.78 is 1.80. The summed E-state index contributed by atoms with van der Waals surface area (Å²) in [4.78, 5) is 36.6. The highest BCUT2D eigenvalue weighted by Gasteiger charge is 2.36. The number of aromatic nitrogens is 4. The number of anilines is 2. The Morgan fingerprint density at radius 2 is 1.85 bits per heavy atom. The zero-order chi connectivity index (χ0) is 23.7. The van der Waals surface area contributed by atoms with Crippen molar-refractivity contribution in [3.63, 3.8) is 0 Å². The van der Waals surface area contributed by atoms with Gasteiger partial charge in [0.1, 0.15) is 6.33 Å². The summed E-state index contributed by atoms with van der Waals surface area (Å²) in [6.45, 7) is 4.47. The Bertz CT molecular complexity index is 1330. The summed E-state index contributed by atoms with van der Waals surface area (Å²) in [5.41, 5.74) is 3.32. The van der Waals surface area contributed by atoms with Gasteiger partial charge < -0.3 is 10.2 Å². The molecule has 3 heterocycles. The molecule has 0 bridgehead atoms. The van der Waals surface area contributed by atoms with Crippen molar-refractivity contribution in [3.8, 4) is 0 Å². The molecule has 8 heteroatoms. The van der Waals surface area contributed by atoms with Crippen LogP contribution in [0.3, 0.4) is 0 Å². The smallest absolute Gasteiger partial charge is 0.258 e. The van der Waals surface area contributed by atoms with Crippen LogP contribution in [0.5, 0.6) is 0 Å². The van der Waals surface area contributed by atoms with E-state index < -0.39 is 0 Å². The first-order valence-electron chi connectivity index (χ1n) is 11.1. The Morgan fingerprint density at radius 1 is 1.03 bits per heavy atom. The van der Waals surface area contributed by atoms with Gasteiger partial charge in [0.2, 0.25) is 0 Å². The van der Waals surface area contributed by atoms with E-state index in [0.717, 1.165) is 11.3 Å². The number of carbonyl (C=O) groups is 2. The second-order valence-corrected chi connectivity index (χ2v) is 8.48. The number of fused-ring (bicyclic) bond motifs is 1. The molecule has 2 amide bonds. The topological polar surface area (TPSA) is 93.0 Å². The first kappa shape index (κ1) is 21.5. The van der Waals surface area contributed by atoms with Gasteiger partial charge in [0.05, 0.1) is 17.8 Å². The maximum atomic E-state index is 13.4. The molecule has 0 fully saturated rings. The van der Waals surface area contributed by atoms with Gasteiger partial charge in [-0.3, -0.25) is 19.3 Å². The van der Waals surface area contributed by atoms with E-state index >= 15 is 0 Å². The van der Waals surface area contributed by atoms with E-state index in [4.69, 9.17) is 0 Å². The van der Waals surface area contributed by atoms with Gasteiger partial charge in [-0.05, 0) is 61.9 Å². The predicted molar refractivity (Wildman–Crippen MR) is 129 cm³/mol. The van der Waals surface area contributed by atoms with Crippen LogP contribution in [-0.2, 0) is 0 Å². The first-order chi connectivity index (χ1) is 16.5. The van der Waals surface area contributed by atoms with Crippen molar-refractivity contribution >= 4 is 23.2 Å². The van der Waals surface area contributed by atoms with Crippen molar-refractivity contribution in [1.82, 2.24) is 19.7 Å². The number of benzene rings is 2. The molecule has 0 saturated heterocycles. The van der Waals surface area contributed by atoms with Gasteiger partial charge >= 0.3 is 0 Å². The van der Waals surface area contributed by atoms with E-state index in [1.165, 1.54) is 0 Å². The molecule has 34 heavy (non-hydrogen) atoms. The second kappa shape index (κ2) is 8.90. The van der Waals surface area contributed by atoms with Crippen molar-refractivity contribution in [2.24, 2.45) is 0 Å². The predicted octanol–water partition coefficient (Wildman–Crippen LogP) is 4.30. The largest absolute Gasteiger partial charge is 0.321 e. The Labute approximate surface area is 197 Å². The molecule has 1 aliphatic rings. The van der Waals surface area contributed by atoms with E-state index in [-0.39, 0.29) is 23.8 Å². The zero-order valence-electron chi connectivity index (χ0n) is 18.9. The molecule has 0 aliphatic carbocycles. The van der Waals surface area contributed by atoms with Crippen LogP contribution >= 0.6 is 0 Å². The molecule has 0 spiro atoms. The molecule has 1 atom stereocenters. The summed E-state index contributed by atoms with van der Waals surface area (Å²) >= 11 is 0. The molecule has 0 radical (unpaired) electrons. The molecular formula is C26H24N6O2. The monoisotopic (exact) mass is 452 g/mol. The van der Waals surface area contributed by atoms with Gasteiger partial charge in [0.25, 0.3) is 11.8 Å². The SMILES string of the molecule is CC(C)n1cnc([C@@H]2CN(C(=O)c3ccccc3)c3ccc(C(=O)Nc4cccnc4)cc32)n1.